The number of carbonyl (C=O) groups excluding carboxylic acids is 2. The van der Waals surface area contributed by atoms with E-state index in [2.05, 4.69) is 0 Å². The number of ketones is 1. The Labute approximate surface area is 157 Å². The molecule has 6 nitrogen and oxygen atoms in total. The van der Waals surface area contributed by atoms with Crippen LogP contribution in [0, 0.1) is 6.92 Å². The number of Topliss-reactive ketones (excluding diaryl/α,β-unsaturated/α-hetero) is 1. The van der Waals surface area contributed by atoms with E-state index >= 15 is 0 Å². The monoisotopic (exact) mass is 367 g/mol. The molecule has 1 saturated heterocycles. The molecule has 0 radical (unpaired) electrons. The number of aromatic hydroxyl groups is 1. The molecule has 2 atom stereocenters. The number of aryl methyl sites for hydroxylation is 1. The van der Waals surface area contributed by atoms with Crippen LogP contribution < -0.4 is 0 Å². The lowest BCUT2D eigenvalue weighted by Crippen LogP contribution is -2.35. The molecule has 2 aromatic rings. The van der Waals surface area contributed by atoms with E-state index in [1.807, 2.05) is 6.92 Å². The number of aliphatic hydroxyl groups excluding tert-OH is 2. The van der Waals surface area contributed by atoms with Gasteiger partial charge < -0.3 is 20.2 Å². The van der Waals surface area contributed by atoms with Crippen LogP contribution in [0.1, 0.15) is 29.7 Å². The maximum absolute atomic E-state index is 12.7. The number of rotatable bonds is 4. The van der Waals surface area contributed by atoms with Gasteiger partial charge in [-0.05, 0) is 31.5 Å². The molecular formula is C21H21NO5. The van der Waals surface area contributed by atoms with E-state index in [0.29, 0.717) is 11.1 Å². The van der Waals surface area contributed by atoms with Crippen molar-refractivity contribution in [3.05, 3.63) is 70.8 Å². The quantitative estimate of drug-likeness (QED) is 0.438. The second kappa shape index (κ2) is 7.25. The summed E-state index contributed by atoms with van der Waals surface area (Å²) in [5.74, 6) is -1.92. The van der Waals surface area contributed by atoms with Crippen molar-refractivity contribution in [3.63, 3.8) is 0 Å². The summed E-state index contributed by atoms with van der Waals surface area (Å²) >= 11 is 0. The Morgan fingerprint density at radius 2 is 1.81 bits per heavy atom. The number of likely N-dealkylation sites (tertiary alicyclic amines) is 1. The van der Waals surface area contributed by atoms with Gasteiger partial charge in [-0.2, -0.15) is 0 Å². The van der Waals surface area contributed by atoms with Crippen molar-refractivity contribution in [2.75, 3.05) is 6.54 Å². The smallest absolute Gasteiger partial charge is 0.295 e. The first-order valence-corrected chi connectivity index (χ1v) is 8.62. The topological polar surface area (TPSA) is 98.1 Å². The van der Waals surface area contributed by atoms with E-state index in [1.165, 1.54) is 24.0 Å². The summed E-state index contributed by atoms with van der Waals surface area (Å²) in [6.07, 6.45) is -0.859. The molecule has 2 aromatic carbocycles. The molecule has 0 aliphatic carbocycles. The lowest BCUT2D eigenvalue weighted by molar-refractivity contribution is -0.140. The molecule has 0 aromatic heterocycles. The summed E-state index contributed by atoms with van der Waals surface area (Å²) < 4.78 is 0. The van der Waals surface area contributed by atoms with Crippen LogP contribution >= 0.6 is 0 Å². The Morgan fingerprint density at radius 3 is 2.41 bits per heavy atom. The number of phenolic OH excluding ortho intramolecular Hbond substituents is 1. The number of phenols is 1. The van der Waals surface area contributed by atoms with Gasteiger partial charge in [0.15, 0.2) is 0 Å². The van der Waals surface area contributed by atoms with Crippen LogP contribution in [0.3, 0.4) is 0 Å². The van der Waals surface area contributed by atoms with Gasteiger partial charge in [0.2, 0.25) is 0 Å². The highest BCUT2D eigenvalue weighted by molar-refractivity contribution is 6.46. The van der Waals surface area contributed by atoms with E-state index in [4.69, 9.17) is 0 Å². The molecule has 0 spiro atoms. The van der Waals surface area contributed by atoms with Crippen LogP contribution in [0.15, 0.2) is 54.1 Å². The third-order valence-corrected chi connectivity index (χ3v) is 4.51. The summed E-state index contributed by atoms with van der Waals surface area (Å²) in [4.78, 5) is 26.5. The van der Waals surface area contributed by atoms with Crippen LogP contribution in [-0.4, -0.2) is 44.6 Å². The molecule has 1 amide bonds. The van der Waals surface area contributed by atoms with Crippen LogP contribution in [0.4, 0.5) is 0 Å². The van der Waals surface area contributed by atoms with Crippen molar-refractivity contribution in [2.24, 2.45) is 0 Å². The minimum absolute atomic E-state index is 0.0227. The first kappa shape index (κ1) is 18.7. The van der Waals surface area contributed by atoms with Crippen molar-refractivity contribution in [1.82, 2.24) is 4.90 Å². The second-order valence-corrected chi connectivity index (χ2v) is 6.76. The zero-order valence-corrected chi connectivity index (χ0v) is 15.1. The van der Waals surface area contributed by atoms with Gasteiger partial charge in [0, 0.05) is 12.1 Å². The minimum atomic E-state index is -0.895. The Hall–Kier alpha value is -3.12. The fourth-order valence-corrected chi connectivity index (χ4v) is 3.26. The summed E-state index contributed by atoms with van der Waals surface area (Å²) in [6, 6.07) is 12.2. The fraction of sp³-hybridized carbons (Fsp3) is 0.238. The summed E-state index contributed by atoms with van der Waals surface area (Å²) in [7, 11) is 0. The third-order valence-electron chi connectivity index (χ3n) is 4.51. The molecular weight excluding hydrogens is 346 g/mol. The average molecular weight is 367 g/mol. The average Bonchev–Trinajstić information content (AvgIpc) is 2.86. The number of β-amino-alcohol motifs (C(OH)–C–C–N with tert-alkyl or cyclic N) is 1. The Balaban J connectivity index is 2.19. The van der Waals surface area contributed by atoms with Gasteiger partial charge in [-0.25, -0.2) is 0 Å². The molecule has 1 heterocycles. The van der Waals surface area contributed by atoms with Gasteiger partial charge in [0.05, 0.1) is 17.7 Å². The molecule has 2 unspecified atom stereocenters. The second-order valence-electron chi connectivity index (χ2n) is 6.76. The van der Waals surface area contributed by atoms with Crippen molar-refractivity contribution < 1.29 is 24.9 Å². The van der Waals surface area contributed by atoms with E-state index < -0.39 is 23.8 Å². The van der Waals surface area contributed by atoms with Gasteiger partial charge >= 0.3 is 0 Å². The van der Waals surface area contributed by atoms with Gasteiger partial charge in [-0.1, -0.05) is 42.0 Å². The number of benzene rings is 2. The van der Waals surface area contributed by atoms with E-state index in [-0.39, 0.29) is 23.6 Å². The lowest BCUT2D eigenvalue weighted by Gasteiger charge is -2.26. The maximum atomic E-state index is 12.7. The summed E-state index contributed by atoms with van der Waals surface area (Å²) in [5, 5.41) is 30.4. The minimum Gasteiger partial charge on any atom is -0.508 e. The van der Waals surface area contributed by atoms with Crippen molar-refractivity contribution in [2.45, 2.75) is 26.0 Å². The summed E-state index contributed by atoms with van der Waals surface area (Å²) in [6.45, 7) is 3.34. The maximum Gasteiger partial charge on any atom is 0.295 e. The van der Waals surface area contributed by atoms with Gasteiger partial charge in [-0.15, -0.1) is 0 Å². The Morgan fingerprint density at radius 1 is 1.15 bits per heavy atom. The normalized spacial score (nSPS) is 20.1. The Bertz CT molecular complexity index is 914. The van der Waals surface area contributed by atoms with Gasteiger partial charge in [0.1, 0.15) is 11.5 Å². The predicted molar refractivity (Wildman–Crippen MR) is 100.0 cm³/mol. The summed E-state index contributed by atoms with van der Waals surface area (Å²) in [5.41, 5.74) is 1.82. The molecule has 3 N–H and O–H groups in total. The lowest BCUT2D eigenvalue weighted by atomic mass is 9.95. The Kier molecular flexibility index (Phi) is 5.01. The van der Waals surface area contributed by atoms with Crippen LogP contribution in [0.5, 0.6) is 5.75 Å². The highest BCUT2D eigenvalue weighted by Gasteiger charge is 2.46. The number of hydrogen-bond donors (Lipinski definition) is 3. The zero-order chi connectivity index (χ0) is 19.7. The molecule has 27 heavy (non-hydrogen) atoms. The SMILES string of the molecule is Cc1ccc(/C(O)=C2\C(=O)C(=O)N(CC(C)O)C2c2cccc(O)c2)cc1. The number of carbonyl (C=O) groups is 2. The van der Waals surface area contributed by atoms with Crippen LogP contribution in [0.2, 0.25) is 0 Å². The van der Waals surface area contributed by atoms with Crippen LogP contribution in [-0.2, 0) is 9.59 Å². The standard InChI is InChI=1S/C21H21NO5/c1-12-6-8-14(9-7-12)19(25)17-18(15-4-3-5-16(24)10-15)22(11-13(2)23)21(27)20(17)26/h3-10,13,18,23-25H,11H2,1-2H3/b19-17+. The molecule has 140 valence electrons. The van der Waals surface area contributed by atoms with Crippen LogP contribution in [0.25, 0.3) is 5.76 Å². The highest BCUT2D eigenvalue weighted by Crippen LogP contribution is 2.40. The van der Waals surface area contributed by atoms with Gasteiger partial charge in [-0.3, -0.25) is 9.59 Å². The molecule has 6 heteroatoms. The third kappa shape index (κ3) is 3.57. The fourth-order valence-electron chi connectivity index (χ4n) is 3.26. The molecule has 1 aliphatic heterocycles. The molecule has 0 bridgehead atoms. The number of aliphatic hydroxyl groups is 2. The van der Waals surface area contributed by atoms with E-state index in [0.717, 1.165) is 5.56 Å². The number of hydrogen-bond acceptors (Lipinski definition) is 5. The highest BCUT2D eigenvalue weighted by atomic mass is 16.3. The van der Waals surface area contributed by atoms with Crippen molar-refractivity contribution in [1.29, 1.82) is 0 Å². The molecule has 3 rings (SSSR count). The molecule has 1 aliphatic rings. The van der Waals surface area contributed by atoms with Crippen molar-refractivity contribution >= 4 is 17.4 Å². The van der Waals surface area contributed by atoms with Crippen molar-refractivity contribution in [3.8, 4) is 5.75 Å². The predicted octanol–water partition coefficient (Wildman–Crippen LogP) is 2.50. The first-order valence-electron chi connectivity index (χ1n) is 8.62. The number of nitrogens with zero attached hydrogens (tertiary/aromatic N) is 1. The largest absolute Gasteiger partial charge is 0.508 e. The number of amides is 1. The molecule has 1 fully saturated rings. The molecule has 0 saturated carbocycles. The van der Waals surface area contributed by atoms with Gasteiger partial charge in [0.25, 0.3) is 11.7 Å². The van der Waals surface area contributed by atoms with E-state index in [1.54, 1.807) is 36.4 Å². The zero-order valence-electron chi connectivity index (χ0n) is 15.1. The first-order chi connectivity index (χ1) is 12.8. The van der Waals surface area contributed by atoms with E-state index in [9.17, 15) is 24.9 Å².